The lowest BCUT2D eigenvalue weighted by molar-refractivity contribution is 0.400. The molecule has 1 heterocycles. The van der Waals surface area contributed by atoms with Crippen molar-refractivity contribution < 1.29 is 9.13 Å². The van der Waals surface area contributed by atoms with Crippen LogP contribution in [0.4, 0.5) is 4.39 Å². The Morgan fingerprint density at radius 1 is 1.32 bits per heavy atom. The van der Waals surface area contributed by atoms with Crippen LogP contribution in [-0.4, -0.2) is 38.3 Å². The van der Waals surface area contributed by atoms with Crippen LogP contribution in [0.5, 0.6) is 11.8 Å². The fraction of sp³-hybridized carbons (Fsp3) is 0.111. The number of hydrogen-bond acceptors (Lipinski definition) is 3. The first-order valence-corrected chi connectivity index (χ1v) is 6.70. The van der Waals surface area contributed by atoms with E-state index in [0.717, 1.165) is 0 Å². The van der Waals surface area contributed by atoms with Gasteiger partial charge in [0.05, 0.1) is 0 Å². The second-order valence-corrected chi connectivity index (χ2v) is 6.10. The van der Waals surface area contributed by atoms with Gasteiger partial charge in [0.2, 0.25) is 4.73 Å². The van der Waals surface area contributed by atoms with Crippen molar-refractivity contribution in [1.29, 1.82) is 0 Å². The van der Waals surface area contributed by atoms with E-state index >= 15 is 0 Å². The van der Waals surface area contributed by atoms with E-state index in [1.54, 1.807) is 4.68 Å². The fourth-order valence-electron chi connectivity index (χ4n) is 1.47. The Balaban J connectivity index is 2.38. The second-order valence-electron chi connectivity index (χ2n) is 4.95. The minimum Gasteiger partial charge on any atom is -0.424 e. The Labute approximate surface area is 126 Å². The molecule has 0 amide bonds. The highest BCUT2D eigenvalue weighted by atomic mass is 79.9. The zero-order valence-electron chi connectivity index (χ0n) is 10.6. The molecule has 96 valence electrons. The summed E-state index contributed by atoms with van der Waals surface area (Å²) in [5.41, 5.74) is 0. The summed E-state index contributed by atoms with van der Waals surface area (Å²) in [6.07, 6.45) is 0. The van der Waals surface area contributed by atoms with Gasteiger partial charge >= 0.3 is 6.01 Å². The maximum absolute atomic E-state index is 13.3. The largest absolute Gasteiger partial charge is 0.424 e. The third-order valence-electron chi connectivity index (χ3n) is 2.23. The summed E-state index contributed by atoms with van der Waals surface area (Å²) in [5.74, 6) is -0.196. The van der Waals surface area contributed by atoms with Crippen LogP contribution in [0.25, 0.3) is 0 Å². The molecule has 1 aromatic carbocycles. The molecule has 0 aliphatic carbocycles. The number of aromatic nitrogens is 3. The molecule has 19 heavy (non-hydrogen) atoms. The Bertz CT molecular complexity index is 599. The van der Waals surface area contributed by atoms with Crippen LogP contribution < -0.4 is 4.74 Å². The van der Waals surface area contributed by atoms with Crippen LogP contribution >= 0.6 is 27.5 Å². The molecule has 0 spiro atoms. The van der Waals surface area contributed by atoms with Crippen LogP contribution in [-0.2, 0) is 5.24 Å². The normalized spacial score (nSPS) is 11.5. The molecule has 10 heteroatoms. The molecule has 2 rings (SSSR count). The number of benzene rings is 1. The summed E-state index contributed by atoms with van der Waals surface area (Å²) in [5, 5.41) is 4.14. The van der Waals surface area contributed by atoms with E-state index in [4.69, 9.17) is 16.3 Å². The van der Waals surface area contributed by atoms with E-state index in [1.165, 1.54) is 18.2 Å². The number of ether oxygens (including phenoxy) is 1. The fourth-order valence-corrected chi connectivity index (χ4v) is 1.99. The van der Waals surface area contributed by atoms with E-state index in [0.29, 0.717) is 4.73 Å². The van der Waals surface area contributed by atoms with Crippen LogP contribution in [0.1, 0.15) is 0 Å². The zero-order chi connectivity index (χ0) is 14.2. The quantitative estimate of drug-likeness (QED) is 0.743. The van der Waals surface area contributed by atoms with E-state index in [2.05, 4.69) is 26.0 Å². The highest BCUT2D eigenvalue weighted by Gasteiger charge is 2.22. The first kappa shape index (κ1) is 14.5. The average molecular weight is 342 g/mol. The third kappa shape index (κ3) is 3.54. The summed E-state index contributed by atoms with van der Waals surface area (Å²) in [6.45, 7) is 0. The van der Waals surface area contributed by atoms with Gasteiger partial charge in [0, 0.05) is 11.1 Å². The van der Waals surface area contributed by atoms with Gasteiger partial charge in [0.15, 0.2) is 0 Å². The predicted molar refractivity (Wildman–Crippen MR) is 82.8 cm³/mol. The summed E-state index contributed by atoms with van der Waals surface area (Å²) in [7, 11) is 5.87. The molecule has 0 fully saturated rings. The molecule has 0 unspecified atom stereocenters. The summed E-state index contributed by atoms with van der Waals surface area (Å²) < 4.78 is 20.8. The monoisotopic (exact) mass is 341 g/mol. The molecule has 0 aliphatic heterocycles. The highest BCUT2D eigenvalue weighted by Crippen LogP contribution is 2.26. The van der Waals surface area contributed by atoms with E-state index in [-0.39, 0.29) is 22.0 Å². The Kier molecular flexibility index (Phi) is 3.96. The Morgan fingerprint density at radius 2 is 2.00 bits per heavy atom. The SMILES string of the molecule is BC(B)(B)n1nc(Br)nc1Oc1cc(F)cc(Cl)c1. The first-order chi connectivity index (χ1) is 8.75. The molecule has 0 N–H and O–H groups in total. The second kappa shape index (κ2) is 5.21. The molecular formula is C9H9B3BrClFN3O. The number of nitrogens with zero attached hydrogens (tertiary/aromatic N) is 3. The molecular weight excluding hydrogens is 333 g/mol. The van der Waals surface area contributed by atoms with Crippen molar-refractivity contribution in [3.05, 3.63) is 33.8 Å². The van der Waals surface area contributed by atoms with Crippen molar-refractivity contribution in [2.24, 2.45) is 0 Å². The Morgan fingerprint density at radius 3 is 2.58 bits per heavy atom. The van der Waals surface area contributed by atoms with Gasteiger partial charge in [-0.05, 0) is 33.3 Å². The van der Waals surface area contributed by atoms with Crippen molar-refractivity contribution in [3.63, 3.8) is 0 Å². The van der Waals surface area contributed by atoms with Gasteiger partial charge in [0.25, 0.3) is 0 Å². The lowest BCUT2D eigenvalue weighted by atomic mass is 9.49. The van der Waals surface area contributed by atoms with Crippen molar-refractivity contribution >= 4 is 51.1 Å². The molecule has 0 saturated carbocycles. The smallest absolute Gasteiger partial charge is 0.319 e. The first-order valence-electron chi connectivity index (χ1n) is 5.53. The Hall–Kier alpha value is -0.945. The molecule has 2 aromatic rings. The zero-order valence-corrected chi connectivity index (χ0v) is 13.0. The van der Waals surface area contributed by atoms with Gasteiger partial charge in [-0.1, -0.05) is 11.6 Å². The third-order valence-corrected chi connectivity index (χ3v) is 2.79. The van der Waals surface area contributed by atoms with Gasteiger partial charge in [-0.15, -0.1) is 5.10 Å². The number of hydrogen-bond donors (Lipinski definition) is 0. The lowest BCUT2D eigenvalue weighted by Crippen LogP contribution is -2.36. The van der Waals surface area contributed by atoms with Crippen LogP contribution in [0.3, 0.4) is 0 Å². The maximum Gasteiger partial charge on any atom is 0.319 e. The van der Waals surface area contributed by atoms with Gasteiger partial charge in [-0.3, -0.25) is 0 Å². The molecule has 0 bridgehead atoms. The average Bonchev–Trinajstić information content (AvgIpc) is 2.57. The minimum atomic E-state index is -0.469. The van der Waals surface area contributed by atoms with Crippen molar-refractivity contribution in [3.8, 4) is 11.8 Å². The summed E-state index contributed by atoms with van der Waals surface area (Å²) in [6, 6.07) is 4.22. The standard InChI is InChI=1S/C9H9B3BrClFN3O/c10-9(11,12)18-8(16-7(13)17-18)19-6-2-4(14)1-5(15)3-6/h1-3H,10-12H2. The number of rotatable bonds is 3. The lowest BCUT2D eigenvalue weighted by Gasteiger charge is -2.20. The van der Waals surface area contributed by atoms with E-state index < -0.39 is 5.82 Å². The van der Waals surface area contributed by atoms with E-state index in [9.17, 15) is 4.39 Å². The summed E-state index contributed by atoms with van der Waals surface area (Å²) >= 11 is 8.97. The molecule has 0 aliphatic rings. The molecule has 4 nitrogen and oxygen atoms in total. The molecule has 0 atom stereocenters. The highest BCUT2D eigenvalue weighted by molar-refractivity contribution is 9.10. The van der Waals surface area contributed by atoms with Gasteiger partial charge in [-0.2, -0.15) is 4.98 Å². The van der Waals surface area contributed by atoms with Crippen LogP contribution in [0.2, 0.25) is 5.02 Å². The van der Waals surface area contributed by atoms with Crippen LogP contribution in [0, 0.1) is 5.82 Å². The maximum atomic E-state index is 13.3. The van der Waals surface area contributed by atoms with Crippen molar-refractivity contribution in [2.75, 3.05) is 0 Å². The predicted octanol–water partition coefficient (Wildman–Crippen LogP) is 0.0925. The minimum absolute atomic E-state index is 0.260. The van der Waals surface area contributed by atoms with Gasteiger partial charge in [0.1, 0.15) is 35.1 Å². The topological polar surface area (TPSA) is 39.9 Å². The molecule has 0 saturated heterocycles. The van der Waals surface area contributed by atoms with Crippen molar-refractivity contribution in [2.45, 2.75) is 5.24 Å². The number of halogens is 3. The summed E-state index contributed by atoms with van der Waals surface area (Å²) in [4.78, 5) is 4.11. The van der Waals surface area contributed by atoms with E-state index in [1.807, 2.05) is 23.5 Å². The van der Waals surface area contributed by atoms with Gasteiger partial charge in [-0.25, -0.2) is 9.07 Å². The van der Waals surface area contributed by atoms with Crippen molar-refractivity contribution in [1.82, 2.24) is 14.8 Å². The van der Waals surface area contributed by atoms with Crippen LogP contribution in [0.15, 0.2) is 22.9 Å². The van der Waals surface area contributed by atoms with Gasteiger partial charge < -0.3 is 4.74 Å². The molecule has 1 aromatic heterocycles. The molecule has 0 radical (unpaired) electrons.